The molecular weight excluding hydrogens is 395 g/mol. The van der Waals surface area contributed by atoms with Crippen LogP contribution < -0.4 is 5.32 Å². The Morgan fingerprint density at radius 2 is 1.70 bits per heavy atom. The summed E-state index contributed by atoms with van der Waals surface area (Å²) in [6.07, 6.45) is -4.15. The zero-order valence-electron chi connectivity index (χ0n) is 15.6. The molecule has 1 heterocycles. The van der Waals surface area contributed by atoms with E-state index in [2.05, 4.69) is 15.5 Å². The van der Waals surface area contributed by atoms with Crippen LogP contribution in [0.1, 0.15) is 17.9 Å². The number of carbonyl (C=O) groups is 1. The minimum atomic E-state index is -4.41. The number of nitrogens with zero attached hydrogens (tertiary/aromatic N) is 2. The van der Waals surface area contributed by atoms with Gasteiger partial charge in [-0.2, -0.15) is 18.2 Å². The highest BCUT2D eigenvalue weighted by Crippen LogP contribution is 2.30. The molecule has 4 aromatic rings. The number of halogens is 3. The number of rotatable bonds is 5. The van der Waals surface area contributed by atoms with Gasteiger partial charge in [0.25, 0.3) is 0 Å². The minimum Gasteiger partial charge on any atom is -0.339 e. The van der Waals surface area contributed by atoms with Crippen molar-refractivity contribution < 1.29 is 22.5 Å². The van der Waals surface area contributed by atoms with Crippen molar-refractivity contribution in [1.82, 2.24) is 10.1 Å². The number of amides is 1. The zero-order chi connectivity index (χ0) is 21.1. The third kappa shape index (κ3) is 4.32. The highest BCUT2D eigenvalue weighted by Gasteiger charge is 2.30. The summed E-state index contributed by atoms with van der Waals surface area (Å²) in [6.45, 7) is 0. The van der Waals surface area contributed by atoms with E-state index < -0.39 is 11.7 Å². The zero-order valence-corrected chi connectivity index (χ0v) is 15.6. The number of anilines is 1. The number of carbonyl (C=O) groups excluding carboxylic acids is 1. The number of fused-ring (bicyclic) bond motifs is 1. The number of nitrogens with one attached hydrogen (secondary N) is 1. The predicted molar refractivity (Wildman–Crippen MR) is 106 cm³/mol. The van der Waals surface area contributed by atoms with Gasteiger partial charge in [-0.15, -0.1) is 0 Å². The first-order valence-corrected chi connectivity index (χ1v) is 9.18. The van der Waals surface area contributed by atoms with Gasteiger partial charge >= 0.3 is 6.18 Å². The molecular formula is C22H16F3N3O2. The monoisotopic (exact) mass is 411 g/mol. The van der Waals surface area contributed by atoms with Crippen molar-refractivity contribution >= 4 is 22.4 Å². The van der Waals surface area contributed by atoms with Crippen LogP contribution in [-0.2, 0) is 17.4 Å². The van der Waals surface area contributed by atoms with E-state index in [0.29, 0.717) is 11.7 Å². The van der Waals surface area contributed by atoms with Gasteiger partial charge in [0.05, 0.1) is 5.56 Å². The quantitative estimate of drug-likeness (QED) is 0.472. The Balaban J connectivity index is 1.39. The number of aromatic nitrogens is 2. The molecule has 152 valence electrons. The number of hydrogen-bond acceptors (Lipinski definition) is 4. The summed E-state index contributed by atoms with van der Waals surface area (Å²) in [4.78, 5) is 16.5. The molecule has 1 amide bonds. The van der Waals surface area contributed by atoms with Crippen molar-refractivity contribution in [3.05, 3.63) is 78.2 Å². The molecule has 0 saturated carbocycles. The Hall–Kier alpha value is -3.68. The molecule has 0 saturated heterocycles. The lowest BCUT2D eigenvalue weighted by Gasteiger charge is -2.08. The summed E-state index contributed by atoms with van der Waals surface area (Å²) in [6, 6.07) is 17.9. The first-order valence-electron chi connectivity index (χ1n) is 9.18. The van der Waals surface area contributed by atoms with Crippen LogP contribution in [-0.4, -0.2) is 16.0 Å². The second kappa shape index (κ2) is 7.98. The Morgan fingerprint density at radius 1 is 0.967 bits per heavy atom. The van der Waals surface area contributed by atoms with Crippen LogP contribution in [0.25, 0.3) is 22.2 Å². The Bertz CT molecular complexity index is 1180. The lowest BCUT2D eigenvalue weighted by atomic mass is 10.0. The maximum Gasteiger partial charge on any atom is 0.416 e. The SMILES string of the molecule is O=C(CCc1nc(-c2cccc3ccccc23)no1)Nc1ccc(C(F)(F)F)cc1. The predicted octanol–water partition coefficient (Wildman–Crippen LogP) is 5.48. The molecule has 8 heteroatoms. The molecule has 30 heavy (non-hydrogen) atoms. The van der Waals surface area contributed by atoms with Crippen LogP contribution in [0.2, 0.25) is 0 Å². The molecule has 0 atom stereocenters. The Labute approximate surface area is 169 Å². The fraction of sp³-hybridized carbons (Fsp3) is 0.136. The average Bonchev–Trinajstić information content (AvgIpc) is 3.20. The van der Waals surface area contributed by atoms with Crippen molar-refractivity contribution in [2.24, 2.45) is 0 Å². The van der Waals surface area contributed by atoms with Gasteiger partial charge in [-0.1, -0.05) is 47.6 Å². The summed E-state index contributed by atoms with van der Waals surface area (Å²) in [7, 11) is 0. The first kappa shape index (κ1) is 19.6. The topological polar surface area (TPSA) is 68.0 Å². The van der Waals surface area contributed by atoms with Crippen LogP contribution in [0, 0.1) is 0 Å². The molecule has 0 aliphatic heterocycles. The number of aryl methyl sites for hydroxylation is 1. The second-order valence-electron chi connectivity index (χ2n) is 6.66. The van der Waals surface area contributed by atoms with Gasteiger partial charge in [0.1, 0.15) is 0 Å². The maximum absolute atomic E-state index is 12.6. The van der Waals surface area contributed by atoms with E-state index in [9.17, 15) is 18.0 Å². The number of benzene rings is 3. The van der Waals surface area contributed by atoms with Gasteiger partial charge in [-0.3, -0.25) is 4.79 Å². The summed E-state index contributed by atoms with van der Waals surface area (Å²) in [5.41, 5.74) is 0.347. The number of hydrogen-bond donors (Lipinski definition) is 1. The van der Waals surface area contributed by atoms with Crippen LogP contribution in [0.3, 0.4) is 0 Å². The van der Waals surface area contributed by atoms with Gasteiger partial charge in [0.2, 0.25) is 17.6 Å². The third-order valence-corrected chi connectivity index (χ3v) is 4.56. The molecule has 0 aliphatic rings. The van der Waals surface area contributed by atoms with E-state index >= 15 is 0 Å². The van der Waals surface area contributed by atoms with Crippen molar-refractivity contribution in [3.8, 4) is 11.4 Å². The molecule has 3 aromatic carbocycles. The normalized spacial score (nSPS) is 11.6. The van der Waals surface area contributed by atoms with Gasteiger partial charge < -0.3 is 9.84 Å². The van der Waals surface area contributed by atoms with Crippen molar-refractivity contribution in [1.29, 1.82) is 0 Å². The van der Waals surface area contributed by atoms with E-state index in [1.165, 1.54) is 12.1 Å². The summed E-state index contributed by atoms with van der Waals surface area (Å²) in [5, 5.41) is 8.61. The van der Waals surface area contributed by atoms with E-state index in [-0.39, 0.29) is 24.4 Å². The van der Waals surface area contributed by atoms with Crippen LogP contribution in [0.15, 0.2) is 71.3 Å². The molecule has 0 spiro atoms. The van der Waals surface area contributed by atoms with Crippen molar-refractivity contribution in [2.45, 2.75) is 19.0 Å². The van der Waals surface area contributed by atoms with Crippen molar-refractivity contribution in [3.63, 3.8) is 0 Å². The Kier molecular flexibility index (Phi) is 5.22. The van der Waals surface area contributed by atoms with E-state index in [1.807, 2.05) is 42.5 Å². The fourth-order valence-electron chi connectivity index (χ4n) is 3.07. The molecule has 5 nitrogen and oxygen atoms in total. The smallest absolute Gasteiger partial charge is 0.339 e. The summed E-state index contributed by atoms with van der Waals surface area (Å²) in [5.74, 6) is 0.380. The van der Waals surface area contributed by atoms with Crippen molar-refractivity contribution in [2.75, 3.05) is 5.32 Å². The van der Waals surface area contributed by atoms with Gasteiger partial charge in [0.15, 0.2) is 0 Å². The molecule has 0 radical (unpaired) electrons. The summed E-state index contributed by atoms with van der Waals surface area (Å²) >= 11 is 0. The molecule has 0 fully saturated rings. The van der Waals surface area contributed by atoms with E-state index in [0.717, 1.165) is 28.5 Å². The average molecular weight is 411 g/mol. The molecule has 0 bridgehead atoms. The lowest BCUT2D eigenvalue weighted by Crippen LogP contribution is -2.13. The van der Waals surface area contributed by atoms with E-state index in [4.69, 9.17) is 4.52 Å². The van der Waals surface area contributed by atoms with Crippen LogP contribution in [0.5, 0.6) is 0 Å². The maximum atomic E-state index is 12.6. The van der Waals surface area contributed by atoms with Gasteiger partial charge in [-0.05, 0) is 35.0 Å². The molecule has 1 N–H and O–H groups in total. The fourth-order valence-corrected chi connectivity index (χ4v) is 3.07. The summed E-state index contributed by atoms with van der Waals surface area (Å²) < 4.78 is 43.0. The molecule has 0 aliphatic carbocycles. The first-order chi connectivity index (χ1) is 14.4. The highest BCUT2D eigenvalue weighted by molar-refractivity contribution is 5.95. The minimum absolute atomic E-state index is 0.0538. The van der Waals surface area contributed by atoms with Crippen LogP contribution >= 0.6 is 0 Å². The molecule has 0 unspecified atom stereocenters. The third-order valence-electron chi connectivity index (χ3n) is 4.56. The second-order valence-corrected chi connectivity index (χ2v) is 6.66. The lowest BCUT2D eigenvalue weighted by molar-refractivity contribution is -0.137. The number of alkyl halides is 3. The van der Waals surface area contributed by atoms with Gasteiger partial charge in [-0.25, -0.2) is 0 Å². The molecule has 4 rings (SSSR count). The largest absolute Gasteiger partial charge is 0.416 e. The Morgan fingerprint density at radius 3 is 2.47 bits per heavy atom. The van der Waals surface area contributed by atoms with E-state index in [1.54, 1.807) is 0 Å². The van der Waals surface area contributed by atoms with Crippen LogP contribution in [0.4, 0.5) is 18.9 Å². The highest BCUT2D eigenvalue weighted by atomic mass is 19.4. The standard InChI is InChI=1S/C22H16F3N3O2/c23-22(24,25)15-8-10-16(11-9-15)26-19(29)12-13-20-27-21(28-30-20)18-7-3-5-14-4-1-2-6-17(14)18/h1-11H,12-13H2,(H,26,29). The van der Waals surface area contributed by atoms with Gasteiger partial charge in [0, 0.05) is 24.1 Å². The molecule has 1 aromatic heterocycles.